The number of anilines is 1. The van der Waals surface area contributed by atoms with Gasteiger partial charge in [-0.2, -0.15) is 5.10 Å². The highest BCUT2D eigenvalue weighted by atomic mass is 32.2. The van der Waals surface area contributed by atoms with Crippen molar-refractivity contribution in [3.8, 4) is 5.75 Å². The Morgan fingerprint density at radius 3 is 2.44 bits per heavy atom. The number of carbonyl (C=O) groups is 1. The van der Waals surface area contributed by atoms with Gasteiger partial charge in [-0.1, -0.05) is 36.4 Å². The Labute approximate surface area is 188 Å². The van der Waals surface area contributed by atoms with Crippen LogP contribution in [0.2, 0.25) is 0 Å². The van der Waals surface area contributed by atoms with Crippen molar-refractivity contribution in [1.82, 2.24) is 5.43 Å². The molecule has 0 aliphatic rings. The molecule has 32 heavy (non-hydrogen) atoms. The molecule has 0 saturated carbocycles. The predicted octanol–water partition coefficient (Wildman–Crippen LogP) is 3.73. The van der Waals surface area contributed by atoms with Gasteiger partial charge in [-0.05, 0) is 60.0 Å². The highest BCUT2D eigenvalue weighted by molar-refractivity contribution is 7.92. The summed E-state index contributed by atoms with van der Waals surface area (Å²) in [4.78, 5) is 12.4. The van der Waals surface area contributed by atoms with Crippen molar-refractivity contribution in [2.24, 2.45) is 5.10 Å². The van der Waals surface area contributed by atoms with E-state index in [4.69, 9.17) is 4.74 Å². The Kier molecular flexibility index (Phi) is 7.27. The number of sulfonamides is 1. The molecule has 1 amide bonds. The number of nitrogens with zero attached hydrogens (tertiary/aromatic N) is 2. The summed E-state index contributed by atoms with van der Waals surface area (Å²) in [5.74, 6) is 0.289. The lowest BCUT2D eigenvalue weighted by Gasteiger charge is -2.23. The van der Waals surface area contributed by atoms with Gasteiger partial charge in [-0.15, -0.1) is 0 Å². The van der Waals surface area contributed by atoms with Gasteiger partial charge >= 0.3 is 0 Å². The molecule has 1 N–H and O–H groups in total. The Balaban J connectivity index is 1.72. The Morgan fingerprint density at radius 2 is 1.78 bits per heavy atom. The van der Waals surface area contributed by atoms with Gasteiger partial charge in [0.25, 0.3) is 5.91 Å². The number of rotatable bonds is 8. The molecular weight excluding hydrogens is 426 g/mol. The first-order valence-electron chi connectivity index (χ1n) is 9.87. The number of hydrogen-bond donors (Lipinski definition) is 1. The van der Waals surface area contributed by atoms with E-state index in [1.54, 1.807) is 37.4 Å². The number of carbonyl (C=O) groups excluding carboxylic acids is 1. The molecule has 0 aliphatic heterocycles. The molecule has 8 heteroatoms. The zero-order valence-corrected chi connectivity index (χ0v) is 19.0. The zero-order chi connectivity index (χ0) is 23.1. The summed E-state index contributed by atoms with van der Waals surface area (Å²) in [6, 6.07) is 21.3. The van der Waals surface area contributed by atoms with E-state index in [0.29, 0.717) is 17.0 Å². The van der Waals surface area contributed by atoms with Crippen molar-refractivity contribution in [3.63, 3.8) is 0 Å². The molecule has 0 saturated heterocycles. The minimum Gasteiger partial charge on any atom is -0.497 e. The molecule has 0 bridgehead atoms. The van der Waals surface area contributed by atoms with Crippen LogP contribution in [0.5, 0.6) is 5.75 Å². The van der Waals surface area contributed by atoms with Crippen LogP contribution in [0, 0.1) is 6.92 Å². The van der Waals surface area contributed by atoms with Crippen LogP contribution in [0.15, 0.2) is 77.9 Å². The normalized spacial score (nSPS) is 11.3. The van der Waals surface area contributed by atoms with Crippen LogP contribution in [0.25, 0.3) is 0 Å². The topological polar surface area (TPSA) is 88.1 Å². The van der Waals surface area contributed by atoms with Crippen LogP contribution in [0.3, 0.4) is 0 Å². The van der Waals surface area contributed by atoms with Crippen LogP contribution in [-0.2, 0) is 16.6 Å². The fourth-order valence-electron chi connectivity index (χ4n) is 3.07. The molecule has 7 nitrogen and oxygen atoms in total. The second kappa shape index (κ2) is 10.1. The van der Waals surface area contributed by atoms with E-state index in [1.807, 2.05) is 49.4 Å². The molecule has 0 radical (unpaired) electrons. The highest BCUT2D eigenvalue weighted by Gasteiger charge is 2.19. The summed E-state index contributed by atoms with van der Waals surface area (Å²) in [5, 5.41) is 3.97. The van der Waals surface area contributed by atoms with Gasteiger partial charge in [0, 0.05) is 5.56 Å². The molecule has 166 valence electrons. The molecule has 3 aromatic rings. The summed E-state index contributed by atoms with van der Waals surface area (Å²) >= 11 is 0. The average Bonchev–Trinajstić information content (AvgIpc) is 2.78. The maximum atomic E-state index is 12.4. The van der Waals surface area contributed by atoms with Crippen LogP contribution in [-0.4, -0.2) is 33.9 Å². The van der Waals surface area contributed by atoms with Crippen molar-refractivity contribution >= 4 is 27.8 Å². The van der Waals surface area contributed by atoms with Crippen molar-refractivity contribution in [1.29, 1.82) is 0 Å². The van der Waals surface area contributed by atoms with Gasteiger partial charge in [-0.3, -0.25) is 9.10 Å². The molecular formula is C24H25N3O4S. The molecule has 3 rings (SSSR count). The van der Waals surface area contributed by atoms with Gasteiger partial charge in [0.2, 0.25) is 10.0 Å². The Morgan fingerprint density at radius 1 is 1.06 bits per heavy atom. The SMILES string of the molecule is COc1cccc(/C=N\NC(=O)c2ccc(N(Cc3ccccc3C)S(C)(=O)=O)cc2)c1. The van der Waals surface area contributed by atoms with Crippen LogP contribution < -0.4 is 14.5 Å². The van der Waals surface area contributed by atoms with Gasteiger partial charge in [0.15, 0.2) is 0 Å². The Hall–Kier alpha value is -3.65. The van der Waals surface area contributed by atoms with Crippen LogP contribution >= 0.6 is 0 Å². The van der Waals surface area contributed by atoms with Crippen molar-refractivity contribution in [3.05, 3.63) is 95.1 Å². The maximum Gasteiger partial charge on any atom is 0.271 e. The molecule has 0 heterocycles. The van der Waals surface area contributed by atoms with Crippen molar-refractivity contribution in [2.75, 3.05) is 17.7 Å². The Bertz CT molecular complexity index is 1220. The monoisotopic (exact) mass is 451 g/mol. The number of benzene rings is 3. The number of nitrogens with one attached hydrogen (secondary N) is 1. The summed E-state index contributed by atoms with van der Waals surface area (Å²) in [6.07, 6.45) is 2.68. The largest absolute Gasteiger partial charge is 0.497 e. The summed E-state index contributed by atoms with van der Waals surface area (Å²) in [5.41, 5.74) is 6.00. The van der Waals surface area contributed by atoms with Gasteiger partial charge in [0.1, 0.15) is 5.75 Å². The standard InChI is InChI=1S/C24H25N3O4S/c1-18-7-4-5-9-21(18)17-27(32(3,29)30)22-13-11-20(12-14-22)24(28)26-25-16-19-8-6-10-23(15-19)31-2/h4-16H,17H2,1-3H3,(H,26,28)/b25-16-. The molecule has 0 aromatic heterocycles. The van der Waals surface area contributed by atoms with E-state index in [2.05, 4.69) is 10.5 Å². The smallest absolute Gasteiger partial charge is 0.271 e. The second-order valence-corrected chi connectivity index (χ2v) is 9.13. The predicted molar refractivity (Wildman–Crippen MR) is 127 cm³/mol. The number of hydrogen-bond acceptors (Lipinski definition) is 5. The average molecular weight is 452 g/mol. The highest BCUT2D eigenvalue weighted by Crippen LogP contribution is 2.22. The molecule has 0 fully saturated rings. The van der Waals surface area contributed by atoms with E-state index < -0.39 is 15.9 Å². The fourth-order valence-corrected chi connectivity index (χ4v) is 3.95. The second-order valence-electron chi connectivity index (χ2n) is 7.22. The molecule has 0 spiro atoms. The van der Waals surface area contributed by atoms with E-state index in [1.165, 1.54) is 16.8 Å². The van der Waals surface area contributed by atoms with Crippen molar-refractivity contribution in [2.45, 2.75) is 13.5 Å². The summed E-state index contributed by atoms with van der Waals surface area (Å²) in [6.45, 7) is 2.15. The summed E-state index contributed by atoms with van der Waals surface area (Å²) < 4.78 is 31.3. The van der Waals surface area contributed by atoms with Crippen LogP contribution in [0.1, 0.15) is 27.0 Å². The first-order valence-corrected chi connectivity index (χ1v) is 11.7. The number of methoxy groups -OCH3 is 1. The summed E-state index contributed by atoms with van der Waals surface area (Å²) in [7, 11) is -1.94. The third-order valence-electron chi connectivity index (χ3n) is 4.87. The third-order valence-corrected chi connectivity index (χ3v) is 6.01. The van der Waals surface area contributed by atoms with E-state index >= 15 is 0 Å². The minimum atomic E-state index is -3.52. The first-order chi connectivity index (χ1) is 15.3. The number of amides is 1. The lowest BCUT2D eigenvalue weighted by atomic mass is 10.1. The van der Waals surface area contributed by atoms with Gasteiger partial charge in [-0.25, -0.2) is 13.8 Å². The van der Waals surface area contributed by atoms with Crippen molar-refractivity contribution < 1.29 is 17.9 Å². The lowest BCUT2D eigenvalue weighted by molar-refractivity contribution is 0.0955. The van der Waals surface area contributed by atoms with Gasteiger partial charge < -0.3 is 4.74 Å². The van der Waals surface area contributed by atoms with E-state index in [-0.39, 0.29) is 6.54 Å². The number of aryl methyl sites for hydroxylation is 1. The molecule has 0 aliphatic carbocycles. The molecule has 3 aromatic carbocycles. The lowest BCUT2D eigenvalue weighted by Crippen LogP contribution is -2.29. The molecule has 0 atom stereocenters. The third kappa shape index (κ3) is 5.95. The van der Waals surface area contributed by atoms with E-state index in [9.17, 15) is 13.2 Å². The number of ether oxygens (including phenoxy) is 1. The van der Waals surface area contributed by atoms with E-state index in [0.717, 1.165) is 16.7 Å². The zero-order valence-electron chi connectivity index (χ0n) is 18.1. The van der Waals surface area contributed by atoms with Crippen LogP contribution in [0.4, 0.5) is 5.69 Å². The quantitative estimate of drug-likeness (QED) is 0.418. The minimum absolute atomic E-state index is 0.210. The molecule has 0 unspecified atom stereocenters. The number of hydrazone groups is 1. The maximum absolute atomic E-state index is 12.4. The first kappa shape index (κ1) is 23.0. The fraction of sp³-hybridized carbons (Fsp3) is 0.167. The van der Waals surface area contributed by atoms with Gasteiger partial charge in [0.05, 0.1) is 31.8 Å².